The topological polar surface area (TPSA) is 38.0 Å². The zero-order valence-corrected chi connectivity index (χ0v) is 11.3. The maximum atomic E-state index is 13.7. The van der Waals surface area contributed by atoms with Crippen molar-refractivity contribution in [2.75, 3.05) is 0 Å². The molecule has 0 heterocycles. The van der Waals surface area contributed by atoms with Gasteiger partial charge in [0.15, 0.2) is 0 Å². The summed E-state index contributed by atoms with van der Waals surface area (Å²) in [6.07, 6.45) is 5.23. The van der Waals surface area contributed by atoms with Crippen molar-refractivity contribution in [3.63, 3.8) is 0 Å². The molecule has 0 saturated heterocycles. The Morgan fingerprint density at radius 2 is 2.16 bits per heavy atom. The Bertz CT molecular complexity index is 423. The predicted octanol–water partition coefficient (Wildman–Crippen LogP) is 3.17. The molecular formula is C15H22F2N2. The average molecular weight is 268 g/mol. The van der Waals surface area contributed by atoms with E-state index < -0.39 is 11.6 Å². The van der Waals surface area contributed by atoms with Crippen LogP contribution in [0.15, 0.2) is 18.2 Å². The second kappa shape index (κ2) is 6.44. The highest BCUT2D eigenvalue weighted by Crippen LogP contribution is 2.31. The monoisotopic (exact) mass is 268 g/mol. The fraction of sp³-hybridized carbons (Fsp3) is 0.600. The Morgan fingerprint density at radius 1 is 1.37 bits per heavy atom. The Morgan fingerprint density at radius 3 is 2.79 bits per heavy atom. The standard InChI is InChI=1S/C15H22F2N2/c1-10-3-2-4-12(7-10)15(19-18)8-11-5-6-13(16)9-14(11)17/h5-6,9-10,12,15,19H,2-4,7-8,18H2,1H3. The molecule has 0 aromatic heterocycles. The highest BCUT2D eigenvalue weighted by molar-refractivity contribution is 5.19. The molecule has 4 heteroatoms. The third kappa shape index (κ3) is 3.74. The van der Waals surface area contributed by atoms with E-state index in [1.54, 1.807) is 0 Å². The van der Waals surface area contributed by atoms with Crippen LogP contribution < -0.4 is 11.3 Å². The average Bonchev–Trinajstić information content (AvgIpc) is 2.38. The summed E-state index contributed by atoms with van der Waals surface area (Å²) in [5.41, 5.74) is 3.35. The van der Waals surface area contributed by atoms with Gasteiger partial charge in [-0.15, -0.1) is 0 Å². The summed E-state index contributed by atoms with van der Waals surface area (Å²) < 4.78 is 26.6. The van der Waals surface area contributed by atoms with Crippen molar-refractivity contribution >= 4 is 0 Å². The van der Waals surface area contributed by atoms with Gasteiger partial charge in [-0.05, 0) is 42.7 Å². The molecule has 106 valence electrons. The van der Waals surface area contributed by atoms with Crippen LogP contribution in [0, 0.1) is 23.5 Å². The van der Waals surface area contributed by atoms with Crippen molar-refractivity contribution in [2.45, 2.75) is 45.1 Å². The zero-order chi connectivity index (χ0) is 13.8. The predicted molar refractivity (Wildman–Crippen MR) is 72.3 cm³/mol. The molecule has 0 aliphatic heterocycles. The largest absolute Gasteiger partial charge is 0.271 e. The van der Waals surface area contributed by atoms with E-state index in [0.29, 0.717) is 23.8 Å². The second-order valence-corrected chi connectivity index (χ2v) is 5.74. The Hall–Kier alpha value is -1.00. The van der Waals surface area contributed by atoms with Gasteiger partial charge in [0.25, 0.3) is 0 Å². The van der Waals surface area contributed by atoms with Crippen molar-refractivity contribution in [2.24, 2.45) is 17.7 Å². The number of nitrogens with one attached hydrogen (secondary N) is 1. The Labute approximate surface area is 113 Å². The van der Waals surface area contributed by atoms with Gasteiger partial charge < -0.3 is 0 Å². The molecule has 3 atom stereocenters. The molecule has 2 nitrogen and oxygen atoms in total. The van der Waals surface area contributed by atoms with Crippen LogP contribution in [0.4, 0.5) is 8.78 Å². The highest BCUT2D eigenvalue weighted by atomic mass is 19.1. The molecule has 3 unspecified atom stereocenters. The maximum Gasteiger partial charge on any atom is 0.129 e. The lowest BCUT2D eigenvalue weighted by atomic mass is 9.77. The maximum absolute atomic E-state index is 13.7. The van der Waals surface area contributed by atoms with Gasteiger partial charge in [-0.2, -0.15) is 0 Å². The number of halogens is 2. The van der Waals surface area contributed by atoms with Crippen LogP contribution in [0.3, 0.4) is 0 Å². The van der Waals surface area contributed by atoms with Crippen LogP contribution in [0.25, 0.3) is 0 Å². The molecule has 2 rings (SSSR count). The van der Waals surface area contributed by atoms with Gasteiger partial charge in [-0.3, -0.25) is 11.3 Å². The lowest BCUT2D eigenvalue weighted by molar-refractivity contribution is 0.221. The summed E-state index contributed by atoms with van der Waals surface area (Å²) in [7, 11) is 0. The zero-order valence-electron chi connectivity index (χ0n) is 11.3. The normalized spacial score (nSPS) is 25.3. The van der Waals surface area contributed by atoms with Crippen molar-refractivity contribution in [3.8, 4) is 0 Å². The minimum atomic E-state index is -0.537. The SMILES string of the molecule is CC1CCCC(C(Cc2ccc(F)cc2F)NN)C1. The molecule has 0 spiro atoms. The van der Waals surface area contributed by atoms with Gasteiger partial charge in [-0.25, -0.2) is 8.78 Å². The minimum Gasteiger partial charge on any atom is -0.271 e. The molecule has 0 amide bonds. The summed E-state index contributed by atoms with van der Waals surface area (Å²) in [6, 6.07) is 3.81. The third-order valence-corrected chi connectivity index (χ3v) is 4.22. The Balaban J connectivity index is 2.05. The van der Waals surface area contributed by atoms with Crippen LogP contribution in [-0.2, 0) is 6.42 Å². The van der Waals surface area contributed by atoms with Gasteiger partial charge in [0.1, 0.15) is 11.6 Å². The number of hydrogen-bond acceptors (Lipinski definition) is 2. The molecule has 3 N–H and O–H groups in total. The smallest absolute Gasteiger partial charge is 0.129 e. The minimum absolute atomic E-state index is 0.0581. The molecule has 1 aromatic carbocycles. The summed E-state index contributed by atoms with van der Waals surface area (Å²) in [5.74, 6) is 5.78. The number of rotatable bonds is 4. The quantitative estimate of drug-likeness (QED) is 0.650. The fourth-order valence-corrected chi connectivity index (χ4v) is 3.13. The summed E-state index contributed by atoms with van der Waals surface area (Å²) in [4.78, 5) is 0. The van der Waals surface area contributed by atoms with E-state index in [1.807, 2.05) is 0 Å². The Kier molecular flexibility index (Phi) is 4.88. The van der Waals surface area contributed by atoms with Crippen LogP contribution in [0.1, 0.15) is 38.2 Å². The molecule has 1 aliphatic rings. The van der Waals surface area contributed by atoms with Gasteiger partial charge in [-0.1, -0.05) is 25.8 Å². The molecule has 19 heavy (non-hydrogen) atoms. The van der Waals surface area contributed by atoms with Gasteiger partial charge in [0, 0.05) is 12.1 Å². The number of nitrogens with two attached hydrogens (primary N) is 1. The third-order valence-electron chi connectivity index (χ3n) is 4.22. The van der Waals surface area contributed by atoms with E-state index in [-0.39, 0.29) is 6.04 Å². The van der Waals surface area contributed by atoms with Crippen molar-refractivity contribution in [1.29, 1.82) is 0 Å². The molecule has 1 aromatic rings. The van der Waals surface area contributed by atoms with Gasteiger partial charge in [0.2, 0.25) is 0 Å². The fourth-order valence-electron chi connectivity index (χ4n) is 3.13. The van der Waals surface area contributed by atoms with E-state index in [4.69, 9.17) is 5.84 Å². The van der Waals surface area contributed by atoms with Crippen LogP contribution >= 0.6 is 0 Å². The van der Waals surface area contributed by atoms with E-state index in [0.717, 1.165) is 18.9 Å². The number of benzene rings is 1. The van der Waals surface area contributed by atoms with Gasteiger partial charge in [0.05, 0.1) is 0 Å². The van der Waals surface area contributed by atoms with Crippen LogP contribution in [-0.4, -0.2) is 6.04 Å². The lowest BCUT2D eigenvalue weighted by Gasteiger charge is -2.33. The van der Waals surface area contributed by atoms with Crippen molar-refractivity contribution < 1.29 is 8.78 Å². The first-order chi connectivity index (χ1) is 9.10. The molecular weight excluding hydrogens is 246 g/mol. The number of hydrazine groups is 1. The first-order valence-electron chi connectivity index (χ1n) is 7.00. The van der Waals surface area contributed by atoms with Crippen LogP contribution in [0.2, 0.25) is 0 Å². The van der Waals surface area contributed by atoms with Crippen molar-refractivity contribution in [1.82, 2.24) is 5.43 Å². The first kappa shape index (κ1) is 14.4. The van der Waals surface area contributed by atoms with E-state index >= 15 is 0 Å². The lowest BCUT2D eigenvalue weighted by Crippen LogP contribution is -2.44. The summed E-state index contributed by atoms with van der Waals surface area (Å²) in [5, 5.41) is 0. The van der Waals surface area contributed by atoms with E-state index in [2.05, 4.69) is 12.3 Å². The van der Waals surface area contributed by atoms with Crippen LogP contribution in [0.5, 0.6) is 0 Å². The summed E-state index contributed by atoms with van der Waals surface area (Å²) >= 11 is 0. The second-order valence-electron chi connectivity index (χ2n) is 5.74. The highest BCUT2D eigenvalue weighted by Gasteiger charge is 2.26. The summed E-state index contributed by atoms with van der Waals surface area (Å²) in [6.45, 7) is 2.25. The molecule has 0 bridgehead atoms. The molecule has 1 aliphatic carbocycles. The van der Waals surface area contributed by atoms with Crippen molar-refractivity contribution in [3.05, 3.63) is 35.4 Å². The number of hydrogen-bond donors (Lipinski definition) is 2. The molecule has 1 fully saturated rings. The molecule has 0 radical (unpaired) electrons. The molecule has 1 saturated carbocycles. The first-order valence-corrected chi connectivity index (χ1v) is 7.00. The van der Waals surface area contributed by atoms with Gasteiger partial charge >= 0.3 is 0 Å². The van der Waals surface area contributed by atoms with E-state index in [9.17, 15) is 8.78 Å². The van der Waals surface area contributed by atoms with E-state index in [1.165, 1.54) is 25.0 Å².